The van der Waals surface area contributed by atoms with Crippen LogP contribution >= 0.6 is 0 Å². The molecule has 0 N–H and O–H groups in total. The van der Waals surface area contributed by atoms with Gasteiger partial charge < -0.3 is 18.9 Å². The molecule has 0 rings (SSSR count). The van der Waals surface area contributed by atoms with Gasteiger partial charge in [0.15, 0.2) is 0 Å². The molecule has 0 aromatic carbocycles. The van der Waals surface area contributed by atoms with Crippen molar-refractivity contribution in [3.63, 3.8) is 0 Å². The molecule has 0 bridgehead atoms. The maximum absolute atomic E-state index is 6.02. The fourth-order valence-corrected chi connectivity index (χ4v) is 3.39. The summed E-state index contributed by atoms with van der Waals surface area (Å²) >= 11 is 0. The molecular formula is C28H56O4. The van der Waals surface area contributed by atoms with E-state index in [2.05, 4.69) is 54.5 Å². The predicted molar refractivity (Wildman–Crippen MR) is 137 cm³/mol. The van der Waals surface area contributed by atoms with Crippen LogP contribution in [0, 0.1) is 29.6 Å². The standard InChI is InChI=1S/C28H56O4/c1-9-23(4)13-12-14-28(11-3)22-32-21-27(8)20-31-19-26(7)18-30-17-25(6)16-29-15-24(5)10-2/h10,23,25-28H,9,11-22H2,1-8H3/b24-10+. The summed E-state index contributed by atoms with van der Waals surface area (Å²) in [6, 6.07) is 0. The molecular weight excluding hydrogens is 400 g/mol. The lowest BCUT2D eigenvalue weighted by Gasteiger charge is -2.19. The molecule has 0 amide bonds. The van der Waals surface area contributed by atoms with Gasteiger partial charge in [0.25, 0.3) is 0 Å². The second-order valence-electron chi connectivity index (χ2n) is 10.3. The molecule has 0 aliphatic carbocycles. The smallest absolute Gasteiger partial charge is 0.0674 e. The van der Waals surface area contributed by atoms with Gasteiger partial charge in [-0.25, -0.2) is 0 Å². The summed E-state index contributed by atoms with van der Waals surface area (Å²) in [4.78, 5) is 0. The molecule has 0 fully saturated rings. The van der Waals surface area contributed by atoms with Gasteiger partial charge in [0.05, 0.1) is 46.2 Å². The minimum absolute atomic E-state index is 0.400. The Morgan fingerprint density at radius 3 is 1.53 bits per heavy atom. The summed E-state index contributed by atoms with van der Waals surface area (Å²) in [5.74, 6) is 2.79. The van der Waals surface area contributed by atoms with Gasteiger partial charge >= 0.3 is 0 Å². The van der Waals surface area contributed by atoms with Crippen molar-refractivity contribution in [2.75, 3.05) is 52.9 Å². The molecule has 32 heavy (non-hydrogen) atoms. The lowest BCUT2D eigenvalue weighted by molar-refractivity contribution is -0.00167. The fourth-order valence-electron chi connectivity index (χ4n) is 3.39. The van der Waals surface area contributed by atoms with Gasteiger partial charge in [-0.15, -0.1) is 0 Å². The molecule has 0 aromatic rings. The van der Waals surface area contributed by atoms with E-state index in [1.165, 1.54) is 37.7 Å². The molecule has 0 saturated heterocycles. The largest absolute Gasteiger partial charge is 0.381 e. The number of allylic oxidation sites excluding steroid dienone is 1. The van der Waals surface area contributed by atoms with Gasteiger partial charge in [-0.05, 0) is 32.1 Å². The van der Waals surface area contributed by atoms with E-state index < -0.39 is 0 Å². The molecule has 5 atom stereocenters. The van der Waals surface area contributed by atoms with E-state index in [9.17, 15) is 0 Å². The third kappa shape index (κ3) is 19.1. The molecule has 0 aliphatic heterocycles. The summed E-state index contributed by atoms with van der Waals surface area (Å²) in [7, 11) is 0. The second kappa shape index (κ2) is 21.1. The molecule has 0 aromatic heterocycles. The predicted octanol–water partition coefficient (Wildman–Crippen LogP) is 7.17. The first-order valence-electron chi connectivity index (χ1n) is 13.2. The summed E-state index contributed by atoms with van der Waals surface area (Å²) in [5, 5.41) is 0. The molecule has 0 aliphatic rings. The molecule has 4 heteroatoms. The first-order valence-corrected chi connectivity index (χ1v) is 13.2. The molecule has 0 radical (unpaired) electrons. The highest BCUT2D eigenvalue weighted by Crippen LogP contribution is 2.18. The first kappa shape index (κ1) is 31.6. The Bertz CT molecular complexity index is 437. The third-order valence-corrected chi connectivity index (χ3v) is 6.17. The molecule has 5 unspecified atom stereocenters. The Balaban J connectivity index is 3.71. The van der Waals surface area contributed by atoms with Crippen molar-refractivity contribution in [3.05, 3.63) is 11.6 Å². The maximum atomic E-state index is 6.02. The fraction of sp³-hybridized carbons (Fsp3) is 0.929. The van der Waals surface area contributed by atoms with Crippen molar-refractivity contribution in [2.45, 2.75) is 87.5 Å². The zero-order chi connectivity index (χ0) is 24.2. The Morgan fingerprint density at radius 1 is 0.625 bits per heavy atom. The summed E-state index contributed by atoms with van der Waals surface area (Å²) < 4.78 is 23.5. The van der Waals surface area contributed by atoms with E-state index >= 15 is 0 Å². The molecule has 192 valence electrons. The maximum Gasteiger partial charge on any atom is 0.0674 e. The van der Waals surface area contributed by atoms with Gasteiger partial charge in [-0.1, -0.05) is 78.9 Å². The Hall–Kier alpha value is -0.420. The molecule has 0 saturated carbocycles. The highest BCUT2D eigenvalue weighted by atomic mass is 16.5. The minimum Gasteiger partial charge on any atom is -0.381 e. The van der Waals surface area contributed by atoms with Crippen LogP contribution in [0.15, 0.2) is 11.6 Å². The van der Waals surface area contributed by atoms with E-state index in [0.29, 0.717) is 30.3 Å². The quantitative estimate of drug-likeness (QED) is 0.162. The van der Waals surface area contributed by atoms with Crippen LogP contribution in [-0.2, 0) is 18.9 Å². The van der Waals surface area contributed by atoms with Crippen molar-refractivity contribution >= 4 is 0 Å². The van der Waals surface area contributed by atoms with Crippen molar-refractivity contribution in [3.8, 4) is 0 Å². The normalized spacial score (nSPS) is 17.2. The number of hydrogen-bond acceptors (Lipinski definition) is 4. The van der Waals surface area contributed by atoms with Crippen molar-refractivity contribution in [2.24, 2.45) is 29.6 Å². The van der Waals surface area contributed by atoms with Gasteiger partial charge in [0, 0.05) is 24.4 Å². The van der Waals surface area contributed by atoms with Crippen LogP contribution < -0.4 is 0 Å². The van der Waals surface area contributed by atoms with E-state index in [1.807, 2.05) is 6.92 Å². The Morgan fingerprint density at radius 2 is 1.09 bits per heavy atom. The average Bonchev–Trinajstić information content (AvgIpc) is 2.77. The average molecular weight is 457 g/mol. The topological polar surface area (TPSA) is 36.9 Å². The summed E-state index contributed by atoms with van der Waals surface area (Å²) in [5.41, 5.74) is 1.27. The molecule has 0 spiro atoms. The van der Waals surface area contributed by atoms with Crippen LogP contribution in [-0.4, -0.2) is 52.9 Å². The Labute approximate surface area is 200 Å². The first-order chi connectivity index (χ1) is 15.3. The molecule has 0 heterocycles. The van der Waals surface area contributed by atoms with Gasteiger partial charge in [-0.3, -0.25) is 0 Å². The third-order valence-electron chi connectivity index (χ3n) is 6.17. The van der Waals surface area contributed by atoms with Crippen LogP contribution in [0.25, 0.3) is 0 Å². The number of rotatable bonds is 22. The monoisotopic (exact) mass is 456 g/mol. The van der Waals surface area contributed by atoms with Gasteiger partial charge in [0.1, 0.15) is 0 Å². The summed E-state index contributed by atoms with van der Waals surface area (Å²) in [6.07, 6.45) is 8.57. The summed E-state index contributed by atoms with van der Waals surface area (Å²) in [6.45, 7) is 23.7. The molecule has 4 nitrogen and oxygen atoms in total. The minimum atomic E-state index is 0.400. The zero-order valence-electron chi connectivity index (χ0n) is 22.8. The highest BCUT2D eigenvalue weighted by molar-refractivity contribution is 4.95. The SMILES string of the molecule is C/C=C(\C)COCC(C)COCC(C)COCC(C)COCC(CC)CCCC(C)CC. The van der Waals surface area contributed by atoms with Crippen LogP contribution in [0.4, 0.5) is 0 Å². The van der Waals surface area contributed by atoms with Gasteiger partial charge in [0.2, 0.25) is 0 Å². The lowest BCUT2D eigenvalue weighted by Crippen LogP contribution is -2.21. The van der Waals surface area contributed by atoms with Crippen LogP contribution in [0.2, 0.25) is 0 Å². The zero-order valence-corrected chi connectivity index (χ0v) is 22.8. The van der Waals surface area contributed by atoms with Crippen LogP contribution in [0.5, 0.6) is 0 Å². The van der Waals surface area contributed by atoms with Crippen molar-refractivity contribution in [1.29, 1.82) is 0 Å². The second-order valence-corrected chi connectivity index (χ2v) is 10.3. The number of ether oxygens (including phenoxy) is 4. The van der Waals surface area contributed by atoms with Crippen molar-refractivity contribution < 1.29 is 18.9 Å². The Kier molecular flexibility index (Phi) is 20.9. The van der Waals surface area contributed by atoms with Crippen LogP contribution in [0.3, 0.4) is 0 Å². The van der Waals surface area contributed by atoms with E-state index in [4.69, 9.17) is 18.9 Å². The van der Waals surface area contributed by atoms with Gasteiger partial charge in [-0.2, -0.15) is 0 Å². The van der Waals surface area contributed by atoms with E-state index in [1.54, 1.807) is 0 Å². The van der Waals surface area contributed by atoms with E-state index in [-0.39, 0.29) is 0 Å². The highest BCUT2D eigenvalue weighted by Gasteiger charge is 2.11. The van der Waals surface area contributed by atoms with E-state index in [0.717, 1.165) is 52.2 Å². The van der Waals surface area contributed by atoms with Crippen LogP contribution in [0.1, 0.15) is 87.5 Å². The number of hydrogen-bond donors (Lipinski definition) is 0. The lowest BCUT2D eigenvalue weighted by atomic mass is 9.95. The van der Waals surface area contributed by atoms with Crippen molar-refractivity contribution in [1.82, 2.24) is 0 Å².